The Hall–Kier alpha value is -2.31. The van der Waals surface area contributed by atoms with E-state index in [1.54, 1.807) is 19.1 Å². The topological polar surface area (TPSA) is 94.8 Å². The summed E-state index contributed by atoms with van der Waals surface area (Å²) < 4.78 is 33.7. The summed E-state index contributed by atoms with van der Waals surface area (Å²) in [5.41, 5.74) is 2.88. The van der Waals surface area contributed by atoms with E-state index in [1.165, 1.54) is 6.07 Å². The monoisotopic (exact) mass is 390 g/mol. The first-order valence-electron chi connectivity index (χ1n) is 8.90. The van der Waals surface area contributed by atoms with Crippen molar-refractivity contribution in [3.8, 4) is 22.6 Å². The lowest BCUT2D eigenvalue weighted by Gasteiger charge is -2.18. The molecule has 0 unspecified atom stereocenters. The average Bonchev–Trinajstić information content (AvgIpc) is 2.53. The predicted molar refractivity (Wildman–Crippen MR) is 108 cm³/mol. The van der Waals surface area contributed by atoms with Crippen LogP contribution < -0.4 is 0 Å². The van der Waals surface area contributed by atoms with Crippen LogP contribution in [0, 0.1) is 6.92 Å². The Balaban J connectivity index is 2.81. The molecule has 0 saturated heterocycles. The number of phenolic OH excluding ortho intramolecular Hbond substituents is 2. The van der Waals surface area contributed by atoms with Gasteiger partial charge in [-0.2, -0.15) is 8.42 Å². The molecule has 0 fully saturated rings. The summed E-state index contributed by atoms with van der Waals surface area (Å²) in [5, 5.41) is 21.4. The van der Waals surface area contributed by atoms with E-state index in [0.29, 0.717) is 29.5 Å². The van der Waals surface area contributed by atoms with E-state index in [9.17, 15) is 23.2 Å². The Morgan fingerprint density at radius 2 is 1.81 bits per heavy atom. The molecule has 146 valence electrons. The fraction of sp³-hybridized carbons (Fsp3) is 0.333. The number of rotatable bonds is 7. The molecule has 6 heteroatoms. The molecule has 0 aliphatic heterocycles. The van der Waals surface area contributed by atoms with Crippen LogP contribution in [0.2, 0.25) is 0 Å². The van der Waals surface area contributed by atoms with E-state index in [1.807, 2.05) is 19.9 Å². The van der Waals surface area contributed by atoms with Crippen LogP contribution in [0.1, 0.15) is 49.8 Å². The maximum atomic E-state index is 12.0. The van der Waals surface area contributed by atoms with Gasteiger partial charge in [0.15, 0.2) is 0 Å². The van der Waals surface area contributed by atoms with Gasteiger partial charge in [-0.3, -0.25) is 4.55 Å². The summed E-state index contributed by atoms with van der Waals surface area (Å²) in [5.74, 6) is -0.878. The molecular weight excluding hydrogens is 364 g/mol. The van der Waals surface area contributed by atoms with Crippen LogP contribution in [0.25, 0.3) is 16.7 Å². The zero-order chi connectivity index (χ0) is 20.4. The number of benzene rings is 2. The van der Waals surface area contributed by atoms with Crippen molar-refractivity contribution in [1.29, 1.82) is 0 Å². The van der Waals surface area contributed by atoms with Crippen LogP contribution in [0.15, 0.2) is 35.7 Å². The van der Waals surface area contributed by atoms with Gasteiger partial charge in [-0.25, -0.2) is 0 Å². The average molecular weight is 391 g/mol. The third kappa shape index (κ3) is 4.51. The van der Waals surface area contributed by atoms with Gasteiger partial charge >= 0.3 is 0 Å². The first kappa shape index (κ1) is 21.0. The molecule has 0 bridgehead atoms. The molecule has 0 aliphatic carbocycles. The first-order chi connectivity index (χ1) is 12.6. The molecule has 5 nitrogen and oxygen atoms in total. The Kier molecular flexibility index (Phi) is 6.34. The van der Waals surface area contributed by atoms with Crippen molar-refractivity contribution in [3.05, 3.63) is 47.5 Å². The van der Waals surface area contributed by atoms with Gasteiger partial charge in [0, 0.05) is 0 Å². The fourth-order valence-electron chi connectivity index (χ4n) is 3.23. The van der Waals surface area contributed by atoms with Gasteiger partial charge < -0.3 is 10.2 Å². The van der Waals surface area contributed by atoms with E-state index < -0.39 is 20.8 Å². The van der Waals surface area contributed by atoms with E-state index in [4.69, 9.17) is 0 Å². The standard InChI is InChI=1S/C21H26O5S/c1-5-6-7-8-15-12-18(22)19(20(23)21(15)27(24,25)26)17-11-14(4)9-10-16(17)13(2)3/h9-12,22-23H,2,5-8H2,1,3-4H3,(H,24,25,26). The molecule has 0 heterocycles. The second-order valence-corrected chi connectivity index (χ2v) is 8.23. The molecule has 2 rings (SSSR count). The minimum Gasteiger partial charge on any atom is -0.507 e. The maximum Gasteiger partial charge on any atom is 0.298 e. The highest BCUT2D eigenvalue weighted by Crippen LogP contribution is 2.46. The summed E-state index contributed by atoms with van der Waals surface area (Å²) in [4.78, 5) is -0.541. The Morgan fingerprint density at radius 3 is 2.37 bits per heavy atom. The van der Waals surface area contributed by atoms with E-state index in [-0.39, 0.29) is 16.9 Å². The molecule has 0 aliphatic rings. The minimum atomic E-state index is -4.68. The van der Waals surface area contributed by atoms with Crippen LogP contribution in [0.5, 0.6) is 11.5 Å². The van der Waals surface area contributed by atoms with Crippen LogP contribution in [-0.2, 0) is 16.5 Å². The van der Waals surface area contributed by atoms with Gasteiger partial charge in [0.05, 0.1) is 5.56 Å². The van der Waals surface area contributed by atoms with Gasteiger partial charge in [0.1, 0.15) is 16.4 Å². The molecule has 2 aromatic rings. The number of hydrogen-bond acceptors (Lipinski definition) is 4. The van der Waals surface area contributed by atoms with Gasteiger partial charge in [0.2, 0.25) is 0 Å². The highest BCUT2D eigenvalue weighted by atomic mass is 32.2. The lowest BCUT2D eigenvalue weighted by molar-refractivity contribution is 0.430. The number of aromatic hydroxyl groups is 2. The van der Waals surface area contributed by atoms with Crippen molar-refractivity contribution in [3.63, 3.8) is 0 Å². The van der Waals surface area contributed by atoms with Crippen LogP contribution in [0.3, 0.4) is 0 Å². The van der Waals surface area contributed by atoms with Crippen LogP contribution >= 0.6 is 0 Å². The highest BCUT2D eigenvalue weighted by Gasteiger charge is 2.27. The maximum absolute atomic E-state index is 12.0. The zero-order valence-electron chi connectivity index (χ0n) is 15.9. The lowest BCUT2D eigenvalue weighted by atomic mass is 9.91. The summed E-state index contributed by atoms with van der Waals surface area (Å²) in [6.07, 6.45) is 2.80. The van der Waals surface area contributed by atoms with Gasteiger partial charge in [-0.05, 0) is 49.4 Å². The molecule has 2 aromatic carbocycles. The molecular formula is C21H26O5S. The van der Waals surface area contributed by atoms with Crippen molar-refractivity contribution in [2.45, 2.75) is 51.3 Å². The van der Waals surface area contributed by atoms with Crippen molar-refractivity contribution in [2.75, 3.05) is 0 Å². The largest absolute Gasteiger partial charge is 0.507 e. The van der Waals surface area contributed by atoms with Crippen molar-refractivity contribution in [1.82, 2.24) is 0 Å². The fourth-order valence-corrected chi connectivity index (χ4v) is 4.07. The number of allylic oxidation sites excluding steroid dienone is 1. The van der Waals surface area contributed by atoms with Crippen molar-refractivity contribution < 1.29 is 23.2 Å². The Bertz CT molecular complexity index is 975. The normalized spacial score (nSPS) is 11.6. The van der Waals surface area contributed by atoms with Gasteiger partial charge in [-0.1, -0.05) is 55.7 Å². The summed E-state index contributed by atoms with van der Waals surface area (Å²) in [7, 11) is -4.68. The smallest absolute Gasteiger partial charge is 0.298 e. The van der Waals surface area contributed by atoms with Crippen LogP contribution in [0.4, 0.5) is 0 Å². The molecule has 0 spiro atoms. The summed E-state index contributed by atoms with van der Waals surface area (Å²) in [6, 6.07) is 6.72. The number of hydrogen-bond donors (Lipinski definition) is 3. The predicted octanol–water partition coefficient (Wildman–Crippen LogP) is 5.09. The molecule has 3 N–H and O–H groups in total. The minimum absolute atomic E-state index is 0.0245. The molecule has 0 aromatic heterocycles. The molecule has 0 radical (unpaired) electrons. The van der Waals surface area contributed by atoms with Crippen molar-refractivity contribution in [2.24, 2.45) is 0 Å². The highest BCUT2D eigenvalue weighted by molar-refractivity contribution is 7.86. The van der Waals surface area contributed by atoms with Crippen molar-refractivity contribution >= 4 is 15.7 Å². The molecule has 27 heavy (non-hydrogen) atoms. The quantitative estimate of drug-likeness (QED) is 0.452. The lowest BCUT2D eigenvalue weighted by Crippen LogP contribution is -2.05. The van der Waals surface area contributed by atoms with Crippen LogP contribution in [-0.4, -0.2) is 23.2 Å². The molecule has 0 atom stereocenters. The SMILES string of the molecule is C=C(C)c1ccc(C)cc1-c1c(O)cc(CCCCC)c(S(=O)(=O)O)c1O. The van der Waals surface area contributed by atoms with E-state index in [2.05, 4.69) is 6.58 Å². The third-order valence-corrected chi connectivity index (χ3v) is 5.49. The first-order valence-corrected chi connectivity index (χ1v) is 10.3. The zero-order valence-corrected chi connectivity index (χ0v) is 16.7. The van der Waals surface area contributed by atoms with Gasteiger partial charge in [-0.15, -0.1) is 0 Å². The van der Waals surface area contributed by atoms with Gasteiger partial charge in [0.25, 0.3) is 10.1 Å². The Morgan fingerprint density at radius 1 is 1.15 bits per heavy atom. The number of unbranched alkanes of at least 4 members (excludes halogenated alkanes) is 2. The number of phenols is 2. The third-order valence-electron chi connectivity index (χ3n) is 4.52. The molecule has 0 saturated carbocycles. The number of aryl methyl sites for hydroxylation is 2. The summed E-state index contributed by atoms with van der Waals surface area (Å²) in [6.45, 7) is 9.55. The second-order valence-electron chi connectivity index (χ2n) is 6.87. The van der Waals surface area contributed by atoms with E-state index in [0.717, 1.165) is 18.4 Å². The Labute approximate surface area is 160 Å². The summed E-state index contributed by atoms with van der Waals surface area (Å²) >= 11 is 0. The molecule has 0 amide bonds. The second kappa shape index (κ2) is 8.15. The van der Waals surface area contributed by atoms with E-state index >= 15 is 0 Å².